The minimum absolute atomic E-state index is 0.232. The van der Waals surface area contributed by atoms with Crippen LogP contribution in [0.2, 0.25) is 0 Å². The van der Waals surface area contributed by atoms with E-state index < -0.39 is 11.8 Å². The number of carbonyl (C=O) groups excluding carboxylic acids is 1. The summed E-state index contributed by atoms with van der Waals surface area (Å²) in [6.07, 6.45) is 0.852. The predicted molar refractivity (Wildman–Crippen MR) is 101 cm³/mol. The molecule has 0 saturated heterocycles. The van der Waals surface area contributed by atoms with E-state index in [1.54, 1.807) is 45.2 Å². The van der Waals surface area contributed by atoms with Crippen molar-refractivity contribution in [3.8, 4) is 23.0 Å². The van der Waals surface area contributed by atoms with Crippen LogP contribution < -0.4 is 4.74 Å². The molecule has 3 rings (SSSR count). The van der Waals surface area contributed by atoms with Gasteiger partial charge in [-0.1, -0.05) is 34.1 Å². The first kappa shape index (κ1) is 18.1. The Morgan fingerprint density at radius 2 is 1.85 bits per heavy atom. The zero-order valence-corrected chi connectivity index (χ0v) is 16.2. The lowest BCUT2D eigenvalue weighted by Gasteiger charge is -2.18. The van der Waals surface area contributed by atoms with E-state index in [1.165, 1.54) is 4.68 Å². The van der Waals surface area contributed by atoms with Gasteiger partial charge in [0.05, 0.1) is 5.69 Å². The minimum Gasteiger partial charge on any atom is -0.428 e. The first-order chi connectivity index (χ1) is 12.3. The van der Waals surface area contributed by atoms with Crippen molar-refractivity contribution in [2.45, 2.75) is 26.4 Å². The number of hydrogen-bond donors (Lipinski definition) is 0. The van der Waals surface area contributed by atoms with Crippen molar-refractivity contribution in [2.24, 2.45) is 0 Å². The number of aromatic nitrogens is 3. The van der Waals surface area contributed by atoms with Crippen LogP contribution in [0.25, 0.3) is 17.1 Å². The van der Waals surface area contributed by atoms with Gasteiger partial charge in [0.25, 0.3) is 0 Å². The fraction of sp³-hybridized carbons (Fsp3) is 0.211. The average molecular weight is 416 g/mol. The summed E-state index contributed by atoms with van der Waals surface area (Å²) in [7, 11) is 0. The van der Waals surface area contributed by atoms with Gasteiger partial charge >= 0.3 is 6.16 Å². The standard InChI is InChI=1S/C19H18BrN3O3/c1-19(2,3)26-18(24)25-17-12-15(13-7-9-14(20)10-8-13)22-23(17)16-6-4-5-11-21-16/h4-12H,1-3H3. The van der Waals surface area contributed by atoms with Gasteiger partial charge in [-0.15, -0.1) is 0 Å². The molecule has 0 atom stereocenters. The molecule has 0 amide bonds. The molecule has 0 unspecified atom stereocenters. The molecular weight excluding hydrogens is 398 g/mol. The predicted octanol–water partition coefficient (Wildman–Crippen LogP) is 5.01. The Kier molecular flexibility index (Phi) is 5.08. The number of benzene rings is 1. The van der Waals surface area contributed by atoms with Gasteiger partial charge in [0.15, 0.2) is 5.82 Å². The summed E-state index contributed by atoms with van der Waals surface area (Å²) < 4.78 is 13.1. The Morgan fingerprint density at radius 3 is 2.46 bits per heavy atom. The van der Waals surface area contributed by atoms with E-state index in [0.717, 1.165) is 10.0 Å². The van der Waals surface area contributed by atoms with Crippen molar-refractivity contribution >= 4 is 22.1 Å². The highest BCUT2D eigenvalue weighted by Crippen LogP contribution is 2.27. The van der Waals surface area contributed by atoms with Gasteiger partial charge in [-0.2, -0.15) is 9.78 Å². The second kappa shape index (κ2) is 7.29. The van der Waals surface area contributed by atoms with Crippen LogP contribution in [0.4, 0.5) is 4.79 Å². The number of rotatable bonds is 3. The number of nitrogens with zero attached hydrogens (tertiary/aromatic N) is 3. The lowest BCUT2D eigenvalue weighted by atomic mass is 10.2. The van der Waals surface area contributed by atoms with E-state index in [4.69, 9.17) is 9.47 Å². The Balaban J connectivity index is 1.98. The van der Waals surface area contributed by atoms with Gasteiger partial charge in [-0.25, -0.2) is 9.78 Å². The summed E-state index contributed by atoms with van der Waals surface area (Å²) in [5.74, 6) is 0.769. The first-order valence-electron chi connectivity index (χ1n) is 8.00. The Bertz CT molecular complexity index is 900. The van der Waals surface area contributed by atoms with Crippen LogP contribution in [-0.4, -0.2) is 26.5 Å². The highest BCUT2D eigenvalue weighted by atomic mass is 79.9. The molecule has 7 heteroatoms. The van der Waals surface area contributed by atoms with Crippen LogP contribution in [0.3, 0.4) is 0 Å². The molecule has 6 nitrogen and oxygen atoms in total. The zero-order chi connectivity index (χ0) is 18.7. The molecule has 0 N–H and O–H groups in total. The van der Waals surface area contributed by atoms with Crippen LogP contribution in [0.5, 0.6) is 5.88 Å². The third-order valence-corrected chi connectivity index (χ3v) is 3.79. The fourth-order valence-corrected chi connectivity index (χ4v) is 2.46. The highest BCUT2D eigenvalue weighted by molar-refractivity contribution is 9.10. The van der Waals surface area contributed by atoms with Crippen molar-refractivity contribution in [3.63, 3.8) is 0 Å². The Labute approximate surface area is 159 Å². The van der Waals surface area contributed by atoms with Gasteiger partial charge < -0.3 is 9.47 Å². The monoisotopic (exact) mass is 415 g/mol. The molecule has 1 aromatic carbocycles. The fourth-order valence-electron chi connectivity index (χ4n) is 2.20. The molecule has 0 spiro atoms. The molecule has 26 heavy (non-hydrogen) atoms. The highest BCUT2D eigenvalue weighted by Gasteiger charge is 2.21. The van der Waals surface area contributed by atoms with Crippen molar-refractivity contribution in [3.05, 3.63) is 59.2 Å². The molecule has 0 bridgehead atoms. The summed E-state index contributed by atoms with van der Waals surface area (Å²) in [6.45, 7) is 5.33. The smallest absolute Gasteiger partial charge is 0.428 e. The second-order valence-electron chi connectivity index (χ2n) is 6.54. The third-order valence-electron chi connectivity index (χ3n) is 3.26. The van der Waals surface area contributed by atoms with Crippen LogP contribution in [0.1, 0.15) is 20.8 Å². The van der Waals surface area contributed by atoms with E-state index in [9.17, 15) is 4.79 Å². The number of hydrogen-bond acceptors (Lipinski definition) is 5. The summed E-state index contributed by atoms with van der Waals surface area (Å²) in [6, 6.07) is 14.8. The first-order valence-corrected chi connectivity index (χ1v) is 8.79. The maximum atomic E-state index is 12.1. The van der Waals surface area contributed by atoms with Crippen molar-refractivity contribution in [1.82, 2.24) is 14.8 Å². The van der Waals surface area contributed by atoms with Crippen molar-refractivity contribution in [1.29, 1.82) is 0 Å². The molecule has 2 aromatic heterocycles. The zero-order valence-electron chi connectivity index (χ0n) is 14.6. The molecule has 134 valence electrons. The molecule has 0 aliphatic carbocycles. The van der Waals surface area contributed by atoms with Gasteiger partial charge in [0.2, 0.25) is 5.88 Å². The quantitative estimate of drug-likeness (QED) is 0.562. The SMILES string of the molecule is CC(C)(C)OC(=O)Oc1cc(-c2ccc(Br)cc2)nn1-c1ccccn1. The number of halogens is 1. The molecule has 0 radical (unpaired) electrons. The summed E-state index contributed by atoms with van der Waals surface area (Å²) in [5, 5.41) is 4.54. The normalized spacial score (nSPS) is 11.2. The molecule has 0 aliphatic heterocycles. The largest absolute Gasteiger partial charge is 0.515 e. The van der Waals surface area contributed by atoms with Crippen LogP contribution in [-0.2, 0) is 4.74 Å². The maximum Gasteiger partial charge on any atom is 0.515 e. The summed E-state index contributed by atoms with van der Waals surface area (Å²) in [4.78, 5) is 16.4. The molecule has 0 aliphatic rings. The van der Waals surface area contributed by atoms with Crippen molar-refractivity contribution < 1.29 is 14.3 Å². The van der Waals surface area contributed by atoms with E-state index in [1.807, 2.05) is 30.3 Å². The van der Waals surface area contributed by atoms with Gasteiger partial charge in [0.1, 0.15) is 5.60 Å². The molecule has 3 aromatic rings. The number of carbonyl (C=O) groups is 1. The lowest BCUT2D eigenvalue weighted by molar-refractivity contribution is 0.0192. The van der Waals surface area contributed by atoms with E-state index in [-0.39, 0.29) is 5.88 Å². The third kappa shape index (κ3) is 4.49. The molecule has 0 fully saturated rings. The maximum absolute atomic E-state index is 12.1. The van der Waals surface area contributed by atoms with E-state index in [2.05, 4.69) is 26.0 Å². The molecular formula is C19H18BrN3O3. The second-order valence-corrected chi connectivity index (χ2v) is 7.46. The summed E-state index contributed by atoms with van der Waals surface area (Å²) in [5.41, 5.74) is 0.889. The molecule has 0 saturated carbocycles. The van der Waals surface area contributed by atoms with Gasteiger partial charge in [0, 0.05) is 22.3 Å². The van der Waals surface area contributed by atoms with E-state index >= 15 is 0 Å². The Morgan fingerprint density at radius 1 is 1.12 bits per heavy atom. The lowest BCUT2D eigenvalue weighted by Crippen LogP contribution is -2.26. The van der Waals surface area contributed by atoms with Crippen LogP contribution in [0.15, 0.2) is 59.2 Å². The molecule has 2 heterocycles. The topological polar surface area (TPSA) is 66.2 Å². The van der Waals surface area contributed by atoms with E-state index in [0.29, 0.717) is 11.5 Å². The average Bonchev–Trinajstić information content (AvgIpc) is 2.98. The Hall–Kier alpha value is -2.67. The van der Waals surface area contributed by atoms with Crippen LogP contribution in [0, 0.1) is 0 Å². The number of pyridine rings is 1. The van der Waals surface area contributed by atoms with Gasteiger partial charge in [-0.05, 0) is 45.0 Å². The summed E-state index contributed by atoms with van der Waals surface area (Å²) >= 11 is 3.41. The minimum atomic E-state index is -0.795. The van der Waals surface area contributed by atoms with Gasteiger partial charge in [-0.3, -0.25) is 0 Å². The number of ether oxygens (including phenoxy) is 2. The van der Waals surface area contributed by atoms with Crippen molar-refractivity contribution in [2.75, 3.05) is 0 Å². The van der Waals surface area contributed by atoms with Crippen LogP contribution >= 0.6 is 15.9 Å².